The number of hydrogen-bond donors (Lipinski definition) is 2. The van der Waals surface area contributed by atoms with Crippen molar-refractivity contribution in [1.82, 2.24) is 10.2 Å². The van der Waals surface area contributed by atoms with Gasteiger partial charge in [0.1, 0.15) is 6.04 Å². The van der Waals surface area contributed by atoms with Gasteiger partial charge in [-0.05, 0) is 36.3 Å². The summed E-state index contributed by atoms with van der Waals surface area (Å²) in [5.74, 6) is -0.0999. The van der Waals surface area contributed by atoms with Crippen molar-refractivity contribution < 1.29 is 19.1 Å². The van der Waals surface area contributed by atoms with Gasteiger partial charge in [-0.3, -0.25) is 4.79 Å². The number of para-hydroxylation sites is 1. The topological polar surface area (TPSA) is 87.7 Å². The smallest absolute Gasteiger partial charge is 0.329 e. The summed E-state index contributed by atoms with van der Waals surface area (Å²) < 4.78 is 5.23. The van der Waals surface area contributed by atoms with Crippen molar-refractivity contribution in [2.75, 3.05) is 25.0 Å². The Morgan fingerprint density at radius 3 is 2.29 bits per heavy atom. The second-order valence-electron chi connectivity index (χ2n) is 8.04. The second kappa shape index (κ2) is 10.1. The van der Waals surface area contributed by atoms with Crippen molar-refractivity contribution >= 4 is 23.6 Å². The maximum Gasteiger partial charge on any atom is 0.329 e. The molecule has 1 saturated heterocycles. The summed E-state index contributed by atoms with van der Waals surface area (Å²) in [6.07, 6.45) is 1.10. The van der Waals surface area contributed by atoms with E-state index in [2.05, 4.69) is 24.5 Å². The number of hydrogen-bond acceptors (Lipinski definition) is 4. The third-order valence-corrected chi connectivity index (χ3v) is 4.80. The largest absolute Gasteiger partial charge is 0.454 e. The van der Waals surface area contributed by atoms with Crippen LogP contribution in [0.2, 0.25) is 0 Å². The third-order valence-electron chi connectivity index (χ3n) is 4.80. The molecule has 0 radical (unpaired) electrons. The second-order valence-corrected chi connectivity index (χ2v) is 8.04. The van der Waals surface area contributed by atoms with Gasteiger partial charge in [-0.2, -0.15) is 0 Å². The molecular formula is C21H31N3O4. The van der Waals surface area contributed by atoms with E-state index in [-0.39, 0.29) is 18.4 Å². The molecule has 0 aliphatic carbocycles. The van der Waals surface area contributed by atoms with Crippen LogP contribution < -0.4 is 10.6 Å². The molecule has 0 saturated carbocycles. The summed E-state index contributed by atoms with van der Waals surface area (Å²) >= 11 is 0. The van der Waals surface area contributed by atoms with E-state index < -0.39 is 18.0 Å². The number of amides is 3. The lowest BCUT2D eigenvalue weighted by Crippen LogP contribution is -2.48. The highest BCUT2D eigenvalue weighted by Crippen LogP contribution is 2.21. The van der Waals surface area contributed by atoms with Gasteiger partial charge in [0.2, 0.25) is 0 Å². The number of urea groups is 1. The minimum absolute atomic E-state index is 0.181. The van der Waals surface area contributed by atoms with Crippen molar-refractivity contribution in [3.05, 3.63) is 30.3 Å². The van der Waals surface area contributed by atoms with E-state index >= 15 is 0 Å². The molecule has 1 fully saturated rings. The number of nitrogens with zero attached hydrogens (tertiary/aromatic N) is 1. The predicted molar refractivity (Wildman–Crippen MR) is 108 cm³/mol. The summed E-state index contributed by atoms with van der Waals surface area (Å²) in [5.41, 5.74) is 0.624. The van der Waals surface area contributed by atoms with Crippen LogP contribution in [0.15, 0.2) is 30.3 Å². The molecular weight excluding hydrogens is 358 g/mol. The van der Waals surface area contributed by atoms with E-state index in [4.69, 9.17) is 4.74 Å². The molecule has 28 heavy (non-hydrogen) atoms. The van der Waals surface area contributed by atoms with E-state index in [0.29, 0.717) is 30.6 Å². The van der Waals surface area contributed by atoms with Crippen LogP contribution >= 0.6 is 0 Å². The Morgan fingerprint density at radius 1 is 1.11 bits per heavy atom. The van der Waals surface area contributed by atoms with Crippen molar-refractivity contribution in [1.29, 1.82) is 0 Å². The summed E-state index contributed by atoms with van der Waals surface area (Å²) in [6.45, 7) is 8.93. The first-order chi connectivity index (χ1) is 13.3. The molecule has 154 valence electrons. The fraction of sp³-hybridized carbons (Fsp3) is 0.571. The maximum atomic E-state index is 12.5. The molecule has 3 atom stereocenters. The fourth-order valence-electron chi connectivity index (χ4n) is 3.51. The van der Waals surface area contributed by atoms with Crippen molar-refractivity contribution in [3.8, 4) is 0 Å². The molecule has 0 unspecified atom stereocenters. The Bertz CT molecular complexity index is 667. The maximum absolute atomic E-state index is 12.5. The fourth-order valence-corrected chi connectivity index (χ4v) is 3.51. The first-order valence-corrected chi connectivity index (χ1v) is 9.83. The summed E-state index contributed by atoms with van der Waals surface area (Å²) in [7, 11) is 0. The number of rotatable bonds is 6. The van der Waals surface area contributed by atoms with Crippen LogP contribution in [-0.4, -0.2) is 48.5 Å². The standard InChI is InChI=1S/C21H31N3O4/c1-14(2)19(23-21(27)22-17-8-6-5-7-9-17)20(26)28-13-18(25)24-11-15(3)10-16(4)12-24/h5-9,14-16,19H,10-13H2,1-4H3,(H2,22,23,27)/t15-,16+,19-/m1/s1. The van der Waals surface area contributed by atoms with E-state index in [1.165, 1.54) is 0 Å². The molecule has 2 rings (SSSR count). The number of benzene rings is 1. The van der Waals surface area contributed by atoms with Crippen LogP contribution in [0.4, 0.5) is 10.5 Å². The van der Waals surface area contributed by atoms with Crippen LogP contribution in [0, 0.1) is 17.8 Å². The highest BCUT2D eigenvalue weighted by atomic mass is 16.5. The van der Waals surface area contributed by atoms with Gasteiger partial charge in [0, 0.05) is 18.8 Å². The number of anilines is 1. The number of nitrogens with one attached hydrogen (secondary N) is 2. The SMILES string of the molecule is CC(C)[C@@H](NC(=O)Nc1ccccc1)C(=O)OCC(=O)N1C[C@H](C)C[C@H](C)C1. The lowest BCUT2D eigenvalue weighted by atomic mass is 9.92. The van der Waals surface area contributed by atoms with Gasteiger partial charge < -0.3 is 20.3 Å². The summed E-state index contributed by atoms with van der Waals surface area (Å²) in [5, 5.41) is 5.31. The number of esters is 1. The van der Waals surface area contributed by atoms with Crippen LogP contribution in [0.25, 0.3) is 0 Å². The van der Waals surface area contributed by atoms with Gasteiger partial charge in [0.05, 0.1) is 0 Å². The number of piperidine rings is 1. The van der Waals surface area contributed by atoms with Crippen LogP contribution in [0.1, 0.15) is 34.1 Å². The van der Waals surface area contributed by atoms with E-state index in [1.54, 1.807) is 29.2 Å². The Hall–Kier alpha value is -2.57. The molecule has 1 heterocycles. The van der Waals surface area contributed by atoms with Gasteiger partial charge >= 0.3 is 12.0 Å². The van der Waals surface area contributed by atoms with Gasteiger partial charge in [-0.15, -0.1) is 0 Å². The van der Waals surface area contributed by atoms with Crippen molar-refractivity contribution in [3.63, 3.8) is 0 Å². The molecule has 1 aliphatic rings. The van der Waals surface area contributed by atoms with Crippen LogP contribution in [0.3, 0.4) is 0 Å². The molecule has 0 bridgehead atoms. The van der Waals surface area contributed by atoms with Gasteiger partial charge in [-0.1, -0.05) is 45.9 Å². The Labute approximate surface area is 166 Å². The molecule has 1 aliphatic heterocycles. The average molecular weight is 389 g/mol. The van der Waals surface area contributed by atoms with Crippen molar-refractivity contribution in [2.45, 2.75) is 40.2 Å². The Morgan fingerprint density at radius 2 is 1.71 bits per heavy atom. The van der Waals surface area contributed by atoms with E-state index in [1.807, 2.05) is 19.9 Å². The highest BCUT2D eigenvalue weighted by Gasteiger charge is 2.29. The van der Waals surface area contributed by atoms with Gasteiger partial charge in [0.15, 0.2) is 6.61 Å². The molecule has 0 spiro atoms. The van der Waals surface area contributed by atoms with Gasteiger partial charge in [-0.25, -0.2) is 9.59 Å². The molecule has 3 amide bonds. The number of carbonyl (C=O) groups is 3. The monoisotopic (exact) mass is 389 g/mol. The summed E-state index contributed by atoms with van der Waals surface area (Å²) in [4.78, 5) is 38.8. The molecule has 7 heteroatoms. The zero-order valence-corrected chi connectivity index (χ0v) is 17.1. The van der Waals surface area contributed by atoms with Crippen molar-refractivity contribution in [2.24, 2.45) is 17.8 Å². The zero-order chi connectivity index (χ0) is 20.7. The van der Waals surface area contributed by atoms with Crippen LogP contribution in [-0.2, 0) is 14.3 Å². The lowest BCUT2D eigenvalue weighted by molar-refractivity contribution is -0.155. The highest BCUT2D eigenvalue weighted by molar-refractivity contribution is 5.93. The molecule has 7 nitrogen and oxygen atoms in total. The van der Waals surface area contributed by atoms with Crippen LogP contribution in [0.5, 0.6) is 0 Å². The minimum Gasteiger partial charge on any atom is -0.454 e. The quantitative estimate of drug-likeness (QED) is 0.733. The predicted octanol–water partition coefficient (Wildman–Crippen LogP) is 2.88. The van der Waals surface area contributed by atoms with E-state index in [9.17, 15) is 14.4 Å². The molecule has 0 aromatic heterocycles. The molecule has 2 N–H and O–H groups in total. The number of likely N-dealkylation sites (tertiary alicyclic amines) is 1. The van der Waals surface area contributed by atoms with E-state index in [0.717, 1.165) is 6.42 Å². The third kappa shape index (κ3) is 6.55. The number of ether oxygens (including phenoxy) is 1. The number of carbonyl (C=O) groups excluding carboxylic acids is 3. The molecule has 1 aromatic carbocycles. The van der Waals surface area contributed by atoms with Gasteiger partial charge in [0.25, 0.3) is 5.91 Å². The first kappa shape index (κ1) is 21.7. The zero-order valence-electron chi connectivity index (χ0n) is 17.1. The molecule has 1 aromatic rings. The first-order valence-electron chi connectivity index (χ1n) is 9.83. The summed E-state index contributed by atoms with van der Waals surface area (Å²) in [6, 6.07) is 7.62. The average Bonchev–Trinajstić information content (AvgIpc) is 2.63. The Kier molecular flexibility index (Phi) is 7.84. The lowest BCUT2D eigenvalue weighted by Gasteiger charge is -2.35. The minimum atomic E-state index is -0.837. The Balaban J connectivity index is 1.86. The normalized spacial score (nSPS) is 20.4.